The molecule has 1 aromatic rings. The molecule has 2 rings (SSSR count). The van der Waals surface area contributed by atoms with E-state index in [0.717, 1.165) is 6.26 Å². The van der Waals surface area contributed by atoms with E-state index in [-0.39, 0.29) is 12.7 Å². The lowest BCUT2D eigenvalue weighted by Crippen LogP contribution is -2.30. The minimum Gasteiger partial charge on any atom is -0.485 e. The van der Waals surface area contributed by atoms with Crippen molar-refractivity contribution in [3.05, 3.63) is 30.3 Å². The van der Waals surface area contributed by atoms with E-state index in [1.807, 2.05) is 18.2 Å². The van der Waals surface area contributed by atoms with Crippen LogP contribution in [0.25, 0.3) is 0 Å². The molecule has 1 aromatic carbocycles. The lowest BCUT2D eigenvalue weighted by Gasteiger charge is -2.16. The van der Waals surface area contributed by atoms with E-state index in [4.69, 9.17) is 13.7 Å². The lowest BCUT2D eigenvalue weighted by molar-refractivity contribution is 0.104. The van der Waals surface area contributed by atoms with Crippen LogP contribution in [0.4, 0.5) is 0 Å². The van der Waals surface area contributed by atoms with Crippen LogP contribution in [0.3, 0.4) is 0 Å². The Labute approximate surface area is 100 Å². The van der Waals surface area contributed by atoms with Crippen LogP contribution in [-0.4, -0.2) is 40.1 Å². The molecule has 0 N–H and O–H groups in total. The smallest absolute Gasteiger partial charge is 0.264 e. The maximum atomic E-state index is 10.9. The van der Waals surface area contributed by atoms with Crippen molar-refractivity contribution in [1.29, 1.82) is 0 Å². The predicted octanol–water partition coefficient (Wildman–Crippen LogP) is 0.809. The molecule has 1 unspecified atom stereocenters. The Kier molecular flexibility index (Phi) is 3.66. The van der Waals surface area contributed by atoms with Gasteiger partial charge in [0, 0.05) is 0 Å². The highest BCUT2D eigenvalue weighted by molar-refractivity contribution is 7.85. The summed E-state index contributed by atoms with van der Waals surface area (Å²) < 4.78 is 37.3. The first-order valence-corrected chi connectivity index (χ1v) is 7.04. The van der Waals surface area contributed by atoms with Crippen molar-refractivity contribution in [2.75, 3.05) is 19.5 Å². The molecular weight excluding hydrogens is 244 g/mol. The fourth-order valence-electron chi connectivity index (χ4n) is 1.35. The van der Waals surface area contributed by atoms with Gasteiger partial charge < -0.3 is 9.47 Å². The second-order valence-corrected chi connectivity index (χ2v) is 5.47. The van der Waals surface area contributed by atoms with Crippen molar-refractivity contribution in [2.45, 2.75) is 12.2 Å². The number of ether oxygens (including phenoxy) is 2. The molecule has 1 aliphatic heterocycles. The number of para-hydroxylation sites is 1. The molecule has 1 saturated heterocycles. The third kappa shape index (κ3) is 4.33. The van der Waals surface area contributed by atoms with Gasteiger partial charge in [0.15, 0.2) is 6.10 Å². The van der Waals surface area contributed by atoms with Gasteiger partial charge in [0.1, 0.15) is 18.5 Å². The Morgan fingerprint density at radius 3 is 2.59 bits per heavy atom. The van der Waals surface area contributed by atoms with Gasteiger partial charge in [-0.05, 0) is 12.1 Å². The molecule has 1 heterocycles. The monoisotopic (exact) mass is 258 g/mol. The molecule has 1 aliphatic rings. The van der Waals surface area contributed by atoms with Crippen molar-refractivity contribution in [3.63, 3.8) is 0 Å². The highest BCUT2D eigenvalue weighted by atomic mass is 32.2. The highest BCUT2D eigenvalue weighted by Crippen LogP contribution is 2.21. The third-order valence-electron chi connectivity index (χ3n) is 2.25. The maximum Gasteiger partial charge on any atom is 0.264 e. The normalized spacial score (nSPS) is 20.9. The first-order valence-electron chi connectivity index (χ1n) is 5.22. The van der Waals surface area contributed by atoms with Crippen molar-refractivity contribution in [3.8, 4) is 5.75 Å². The zero-order chi connectivity index (χ0) is 12.3. The quantitative estimate of drug-likeness (QED) is 0.558. The third-order valence-corrected chi connectivity index (χ3v) is 2.82. The van der Waals surface area contributed by atoms with Crippen molar-refractivity contribution < 1.29 is 22.1 Å². The van der Waals surface area contributed by atoms with E-state index in [2.05, 4.69) is 0 Å². The average molecular weight is 258 g/mol. The molecule has 0 amide bonds. The van der Waals surface area contributed by atoms with Gasteiger partial charge in [0.25, 0.3) is 10.1 Å². The Morgan fingerprint density at radius 1 is 1.41 bits per heavy atom. The van der Waals surface area contributed by atoms with E-state index in [9.17, 15) is 8.42 Å². The Balaban J connectivity index is 1.94. The van der Waals surface area contributed by atoms with Gasteiger partial charge in [-0.15, -0.1) is 0 Å². The molecule has 0 bridgehead atoms. The number of benzene rings is 1. The molecule has 17 heavy (non-hydrogen) atoms. The molecule has 5 nitrogen and oxygen atoms in total. The van der Waals surface area contributed by atoms with Gasteiger partial charge in [-0.25, -0.2) is 0 Å². The summed E-state index contributed by atoms with van der Waals surface area (Å²) >= 11 is 0. The molecule has 0 spiro atoms. The minimum absolute atomic E-state index is 0.0294. The molecular formula is C11H14O5S. The fourth-order valence-corrected chi connectivity index (χ4v) is 1.73. The van der Waals surface area contributed by atoms with Crippen LogP contribution < -0.4 is 4.74 Å². The van der Waals surface area contributed by atoms with Gasteiger partial charge in [-0.3, -0.25) is 4.18 Å². The lowest BCUT2D eigenvalue weighted by atomic mass is 10.3. The number of hydrogen-bond acceptors (Lipinski definition) is 5. The fraction of sp³-hybridized carbons (Fsp3) is 0.455. The van der Waals surface area contributed by atoms with Gasteiger partial charge >= 0.3 is 0 Å². The van der Waals surface area contributed by atoms with E-state index >= 15 is 0 Å². The summed E-state index contributed by atoms with van der Waals surface area (Å²) in [5.74, 6) is 0.671. The highest BCUT2D eigenvalue weighted by Gasteiger charge is 2.35. The van der Waals surface area contributed by atoms with Crippen molar-refractivity contribution in [2.24, 2.45) is 0 Å². The minimum atomic E-state index is -3.45. The largest absolute Gasteiger partial charge is 0.485 e. The molecule has 1 fully saturated rings. The molecule has 94 valence electrons. The Morgan fingerprint density at radius 2 is 2.06 bits per heavy atom. The SMILES string of the molecule is CS(=O)(=O)OCC(Oc1ccccc1)[C@@H]1CO1. The summed E-state index contributed by atoms with van der Waals surface area (Å²) in [7, 11) is -3.45. The Hall–Kier alpha value is -1.11. The van der Waals surface area contributed by atoms with E-state index in [1.54, 1.807) is 12.1 Å². The van der Waals surface area contributed by atoms with Crippen LogP contribution in [0.5, 0.6) is 5.75 Å². The topological polar surface area (TPSA) is 65.1 Å². The van der Waals surface area contributed by atoms with E-state index in [0.29, 0.717) is 12.4 Å². The molecule has 0 saturated carbocycles. The Bertz CT molecular complexity index is 452. The van der Waals surface area contributed by atoms with Crippen LogP contribution in [0, 0.1) is 0 Å². The second-order valence-electron chi connectivity index (χ2n) is 3.83. The molecule has 6 heteroatoms. The molecule has 0 radical (unpaired) electrons. The summed E-state index contributed by atoms with van der Waals surface area (Å²) in [6.07, 6.45) is 0.532. The van der Waals surface area contributed by atoms with Crippen molar-refractivity contribution >= 4 is 10.1 Å². The number of rotatable bonds is 6. The molecule has 0 aromatic heterocycles. The summed E-state index contributed by atoms with van der Waals surface area (Å²) in [5.41, 5.74) is 0. The van der Waals surface area contributed by atoms with Gasteiger partial charge in [-0.2, -0.15) is 8.42 Å². The average Bonchev–Trinajstić information content (AvgIpc) is 3.08. The second kappa shape index (κ2) is 5.03. The van der Waals surface area contributed by atoms with Gasteiger partial charge in [0.05, 0.1) is 12.9 Å². The first kappa shape index (κ1) is 12.3. The summed E-state index contributed by atoms with van der Waals surface area (Å²) in [6, 6.07) is 9.17. The first-order chi connectivity index (χ1) is 8.04. The maximum absolute atomic E-state index is 10.9. The number of epoxide rings is 1. The van der Waals surface area contributed by atoms with E-state index in [1.165, 1.54) is 0 Å². The van der Waals surface area contributed by atoms with Crippen LogP contribution in [0.1, 0.15) is 0 Å². The molecule has 2 atom stereocenters. The van der Waals surface area contributed by atoms with Gasteiger partial charge in [-0.1, -0.05) is 18.2 Å². The predicted molar refractivity (Wildman–Crippen MR) is 61.4 cm³/mol. The summed E-state index contributed by atoms with van der Waals surface area (Å²) in [4.78, 5) is 0. The van der Waals surface area contributed by atoms with Crippen LogP contribution in [-0.2, 0) is 19.0 Å². The molecule has 0 aliphatic carbocycles. The van der Waals surface area contributed by atoms with Crippen LogP contribution in [0.2, 0.25) is 0 Å². The van der Waals surface area contributed by atoms with Crippen molar-refractivity contribution in [1.82, 2.24) is 0 Å². The zero-order valence-electron chi connectivity index (χ0n) is 9.41. The number of hydrogen-bond donors (Lipinski definition) is 0. The summed E-state index contributed by atoms with van der Waals surface area (Å²) in [5, 5.41) is 0. The van der Waals surface area contributed by atoms with Crippen LogP contribution >= 0.6 is 0 Å². The van der Waals surface area contributed by atoms with Gasteiger partial charge in [0.2, 0.25) is 0 Å². The summed E-state index contributed by atoms with van der Waals surface area (Å²) in [6.45, 7) is 0.545. The van der Waals surface area contributed by atoms with E-state index < -0.39 is 16.2 Å². The zero-order valence-corrected chi connectivity index (χ0v) is 10.2. The standard InChI is InChI=1S/C11H14O5S/c1-17(12,13)15-8-11(10-7-14-10)16-9-5-3-2-4-6-9/h2-6,10-11H,7-8H2,1H3/t10-,11?/m0/s1. The van der Waals surface area contributed by atoms with Crippen LogP contribution in [0.15, 0.2) is 30.3 Å².